The number of benzene rings is 8. The zero-order valence-corrected chi connectivity index (χ0v) is 79.3. The Balaban J connectivity index is 0.000000299. The van der Waals surface area contributed by atoms with E-state index in [1.54, 1.807) is 0 Å². The maximum absolute atomic E-state index is 13.6. The molecule has 10 rings (SSSR count). The monoisotopic (exact) mass is 1820 g/mol. The Morgan fingerprint density at radius 1 is 0.216 bits per heavy atom. The molecule has 0 aliphatic heterocycles. The molecule has 0 radical (unpaired) electrons. The number of hydrogen-bond donors (Lipinski definition) is 5. The highest BCUT2D eigenvalue weighted by atomic mass is 79.9. The molecule has 0 amide bonds. The second-order valence-electron chi connectivity index (χ2n) is 42.6. The van der Waals surface area contributed by atoms with Crippen LogP contribution in [0.25, 0.3) is 0 Å². The molecular weight excluding hydrogens is 1690 g/mol. The predicted molar refractivity (Wildman–Crippen MR) is 483 cm³/mol. The van der Waals surface area contributed by atoms with Gasteiger partial charge in [0.1, 0.15) is 46.0 Å². The summed E-state index contributed by atoms with van der Waals surface area (Å²) < 4.78 is 175. The summed E-state index contributed by atoms with van der Waals surface area (Å²) >= 11 is 2.90. The first kappa shape index (κ1) is 102. The smallest absolute Gasteiger partial charge is 0.389 e. The molecule has 0 unspecified atom stereocenters. The molecule has 5 N–H and O–H groups in total. The van der Waals surface area contributed by atoms with Crippen molar-refractivity contribution in [1.82, 2.24) is 0 Å². The number of rotatable bonds is 14. The first-order chi connectivity index (χ1) is 57.0. The number of phenolic OH excluding ortho intramolecular Hbond substituents is 5. The van der Waals surface area contributed by atoms with Crippen LogP contribution in [0.3, 0.4) is 0 Å². The molecule has 8 aromatic rings. The number of alkyl halides is 13. The summed E-state index contributed by atoms with van der Waals surface area (Å²) in [6, 6.07) is 32.1. The normalized spacial score (nSPS) is 14.1. The largest absolute Gasteiger partial charge is 0.507 e. The fourth-order valence-corrected chi connectivity index (χ4v) is 15.7. The highest BCUT2D eigenvalue weighted by molar-refractivity contribution is 9.09. The molecule has 0 saturated carbocycles. The number of aromatic hydroxyl groups is 5. The Morgan fingerprint density at radius 2 is 0.336 bits per heavy atom. The fraction of sp³-hybridized carbons (Fsp3) is 0.538. The summed E-state index contributed by atoms with van der Waals surface area (Å²) in [5, 5.41) is 60.5. The topological polar surface area (TPSA) is 129 Å². The first-order valence-electron chi connectivity index (χ1n) is 43.4. The van der Waals surface area contributed by atoms with Crippen LogP contribution in [0, 0.1) is 0 Å². The van der Waals surface area contributed by atoms with E-state index in [1.165, 1.54) is 0 Å². The molecule has 0 fully saturated rings. The lowest BCUT2D eigenvalue weighted by Crippen LogP contribution is -2.18. The summed E-state index contributed by atoms with van der Waals surface area (Å²) in [6.07, 6.45) is -20.1. The number of halogens is 13. The van der Waals surface area contributed by atoms with Gasteiger partial charge in [0.2, 0.25) is 0 Å². The van der Waals surface area contributed by atoms with Gasteiger partial charge in [-0.25, -0.2) is 0 Å². The molecule has 125 heavy (non-hydrogen) atoms. The van der Waals surface area contributed by atoms with Crippen LogP contribution in [-0.2, 0) is 94.7 Å². The van der Waals surface area contributed by atoms with Gasteiger partial charge in [-0.1, -0.05) is 279 Å². The van der Waals surface area contributed by atoms with Gasteiger partial charge in [0, 0.05) is 82.4 Å². The fourth-order valence-electron chi connectivity index (χ4n) is 15.5. The summed E-state index contributed by atoms with van der Waals surface area (Å²) in [7, 11) is 0. The van der Waals surface area contributed by atoms with Crippen molar-refractivity contribution in [3.05, 3.63) is 231 Å². The Morgan fingerprint density at radius 3 is 0.456 bits per heavy atom. The third kappa shape index (κ3) is 28.6. The maximum atomic E-state index is 13.6. The lowest BCUT2D eigenvalue weighted by atomic mass is 9.79. The minimum Gasteiger partial charge on any atom is -0.507 e. The molecule has 0 atom stereocenters. The van der Waals surface area contributed by atoms with Gasteiger partial charge in [0.05, 0.1) is 19.8 Å². The van der Waals surface area contributed by atoms with Crippen molar-refractivity contribution in [2.45, 2.75) is 337 Å². The van der Waals surface area contributed by atoms with Gasteiger partial charge in [-0.2, -0.15) is 52.7 Å². The van der Waals surface area contributed by atoms with E-state index in [1.807, 2.05) is 132 Å². The van der Waals surface area contributed by atoms with E-state index in [4.69, 9.17) is 14.2 Å². The van der Waals surface area contributed by atoms with E-state index in [9.17, 15) is 78.2 Å². The maximum Gasteiger partial charge on any atom is 0.389 e. The zero-order valence-electron chi connectivity index (χ0n) is 77.8. The van der Waals surface area contributed by atoms with Crippen molar-refractivity contribution < 1.29 is 92.4 Å². The average Bonchev–Trinajstić information content (AvgIpc) is 0.755. The van der Waals surface area contributed by atoms with Crippen LogP contribution in [-0.4, -0.2) is 75.4 Å². The molecule has 21 heteroatoms. The Labute approximate surface area is 742 Å². The van der Waals surface area contributed by atoms with E-state index < -0.39 is 72.0 Å². The quantitative estimate of drug-likeness (QED) is 0.0414. The second kappa shape index (κ2) is 38.6. The summed E-state index contributed by atoms with van der Waals surface area (Å²) in [5.74, 6) is 1.77. The van der Waals surface area contributed by atoms with Gasteiger partial charge in [-0.15, -0.1) is 0 Å². The molecule has 0 saturated heterocycles. The third-order valence-electron chi connectivity index (χ3n) is 23.2. The van der Waals surface area contributed by atoms with E-state index in [0.717, 1.165) is 89.0 Å². The third-order valence-corrected chi connectivity index (χ3v) is 23.8. The summed E-state index contributed by atoms with van der Waals surface area (Å²) in [6.45, 7) is 49.6. The number of hydrogen-bond acceptors (Lipinski definition) is 8. The van der Waals surface area contributed by atoms with E-state index in [-0.39, 0.29) is 122 Å². The van der Waals surface area contributed by atoms with Gasteiger partial charge < -0.3 is 39.7 Å². The molecule has 16 bridgehead atoms. The van der Waals surface area contributed by atoms with Crippen molar-refractivity contribution >= 4 is 15.9 Å². The van der Waals surface area contributed by atoms with Gasteiger partial charge >= 0.3 is 24.7 Å². The molecule has 0 heterocycles. The van der Waals surface area contributed by atoms with Crippen LogP contribution in [0.2, 0.25) is 0 Å². The number of fused-ring (bicyclic) bond motifs is 16. The molecule has 8 nitrogen and oxygen atoms in total. The lowest BCUT2D eigenvalue weighted by Gasteiger charge is -2.29. The standard InChI is InChI=1S/C56H71F9O4.C44H56O4.C4H6BrF3/c1-50(2,3)42-26-34-22-36-28-43(51(4,5)6)30-38(47(36)67-19-13-16-54(57,58)59)24-40-32-45(53(10,11)12)33-41(49(40)69-21-15-18-56(63,64)65)25-39-31-44(52(7,8)9)29-37(23-35(27-42)46(34)66)48(39)68-20-14-17-55(60,61)62;1-41(2,3)33-17-25-13-27-19-34(42(4,5)6)21-29(38(27)46)15-31-23-36(44(10,11)12)24-32(40(31)48)16-30-22-35(43(7,8)9)20-28(39(30)47)14-26(18-33)37(25)45;5-3-1-2-4(6,7)8/h26-33,66H,13-25H2,1-12H3;17-24,45-48H,13-16H2,1-12H3;1-3H2. The number of phenols is 5. The van der Waals surface area contributed by atoms with Crippen molar-refractivity contribution in [2.24, 2.45) is 0 Å². The Kier molecular flexibility index (Phi) is 31.6. The van der Waals surface area contributed by atoms with Crippen molar-refractivity contribution in [3.8, 4) is 46.0 Å². The predicted octanol–water partition coefficient (Wildman–Crippen LogP) is 29.5. The van der Waals surface area contributed by atoms with Gasteiger partial charge in [-0.3, -0.25) is 0 Å². The first-order valence-corrected chi connectivity index (χ1v) is 44.6. The highest BCUT2D eigenvalue weighted by Crippen LogP contribution is 2.49. The lowest BCUT2D eigenvalue weighted by molar-refractivity contribution is -0.137. The van der Waals surface area contributed by atoms with Crippen molar-refractivity contribution in [2.75, 3.05) is 25.2 Å². The summed E-state index contributed by atoms with van der Waals surface area (Å²) in [4.78, 5) is 0. The summed E-state index contributed by atoms with van der Waals surface area (Å²) in [5.41, 5.74) is 16.0. The Bertz CT molecular complexity index is 4590. The molecule has 8 aromatic carbocycles. The molecule has 2 aliphatic carbocycles. The van der Waals surface area contributed by atoms with E-state index >= 15 is 0 Å². The van der Waals surface area contributed by atoms with E-state index in [0.29, 0.717) is 92.8 Å². The number of ether oxygens (including phenoxy) is 3. The minimum atomic E-state index is -4.43. The zero-order chi connectivity index (χ0) is 94.1. The van der Waals surface area contributed by atoms with Crippen LogP contribution in [0.1, 0.15) is 351 Å². The molecule has 0 aromatic heterocycles. The van der Waals surface area contributed by atoms with Crippen LogP contribution in [0.4, 0.5) is 52.7 Å². The average molecular weight is 1820 g/mol. The van der Waals surface area contributed by atoms with Gasteiger partial charge in [-0.05, 0) is 203 Å². The molecule has 2 aliphatic rings. The van der Waals surface area contributed by atoms with Crippen molar-refractivity contribution in [1.29, 1.82) is 0 Å². The van der Waals surface area contributed by atoms with Crippen LogP contribution in [0.15, 0.2) is 97.1 Å². The molecule has 688 valence electrons. The molecule has 0 spiro atoms. The van der Waals surface area contributed by atoms with Crippen LogP contribution < -0.4 is 14.2 Å². The second-order valence-corrected chi connectivity index (χ2v) is 43.4. The van der Waals surface area contributed by atoms with E-state index in [2.05, 4.69) is 148 Å². The minimum absolute atomic E-state index is 0.0128. The SMILES string of the molecule is CC(C)(C)c1cc2c(O)c(c1)Cc1cc(C(C)(C)C)cc(c1O)Cc1cc(C(C)(C)C)cc(c1O)Cc1cc(C(C)(C)C)cc(c1O)C2.CC(C)(C)c1cc2c(O)c(c1)Cc1cc(C(C)(C)C)cc(c1OCCCC(F)(F)F)Cc1cc(C(C)(C)C)cc(c1OCCCC(F)(F)F)Cc1cc(C(C)(C)C)cc(c1OCCCC(F)(F)F)C2.FC(F)(F)CCCBr. The Hall–Kier alpha value is -8.20. The van der Waals surface area contributed by atoms with Crippen molar-refractivity contribution in [3.63, 3.8) is 0 Å². The van der Waals surface area contributed by atoms with Gasteiger partial charge in [0.25, 0.3) is 0 Å². The van der Waals surface area contributed by atoms with Crippen LogP contribution in [0.5, 0.6) is 46.0 Å². The van der Waals surface area contributed by atoms with Gasteiger partial charge in [0.15, 0.2) is 0 Å². The highest BCUT2D eigenvalue weighted by Gasteiger charge is 2.36. The van der Waals surface area contributed by atoms with Crippen LogP contribution >= 0.6 is 15.9 Å². The molecular formula is C104H133BrF12O8.